The second-order valence-corrected chi connectivity index (χ2v) is 8.31. The fourth-order valence-electron chi connectivity index (χ4n) is 4.18. The van der Waals surface area contributed by atoms with Crippen molar-refractivity contribution >= 4 is 28.4 Å². The molecule has 2 amide bonds. The van der Waals surface area contributed by atoms with Crippen LogP contribution in [0.15, 0.2) is 48.5 Å². The number of likely N-dealkylation sites (N-methyl/N-ethyl adjacent to an activating group) is 1. The number of hydrogen-bond acceptors (Lipinski definition) is 3. The molecule has 1 aromatic heterocycles. The number of carbonyl (C=O) groups is 2. The first kappa shape index (κ1) is 24.5. The minimum Gasteiger partial charge on any atom is -0.351 e. The van der Waals surface area contributed by atoms with Crippen molar-refractivity contribution in [3.8, 4) is 0 Å². The number of benzene rings is 2. The lowest BCUT2D eigenvalue weighted by atomic mass is 10.1. The van der Waals surface area contributed by atoms with Crippen LogP contribution >= 0.6 is 0 Å². The predicted octanol–water partition coefficient (Wildman–Crippen LogP) is 5.07. The van der Waals surface area contributed by atoms with Crippen LogP contribution < -0.4 is 10.6 Å². The highest BCUT2D eigenvalue weighted by atomic mass is 16.2. The van der Waals surface area contributed by atoms with E-state index in [1.807, 2.05) is 19.1 Å². The molecular formula is C27H36N4O2. The lowest BCUT2D eigenvalue weighted by Gasteiger charge is -2.18. The van der Waals surface area contributed by atoms with Crippen molar-refractivity contribution in [2.45, 2.75) is 47.1 Å². The number of aromatic nitrogens is 1. The first-order valence-corrected chi connectivity index (χ1v) is 12.0. The summed E-state index contributed by atoms with van der Waals surface area (Å²) in [6.07, 6.45) is 2.07. The van der Waals surface area contributed by atoms with Gasteiger partial charge in [-0.2, -0.15) is 0 Å². The maximum Gasteiger partial charge on any atom is 0.272 e. The summed E-state index contributed by atoms with van der Waals surface area (Å²) >= 11 is 0. The number of carbonyl (C=O) groups excluding carboxylic acids is 2. The third-order valence-electron chi connectivity index (χ3n) is 6.19. The molecule has 0 atom stereocenters. The fourth-order valence-corrected chi connectivity index (χ4v) is 4.18. The van der Waals surface area contributed by atoms with E-state index in [9.17, 15) is 9.59 Å². The molecule has 176 valence electrons. The Bertz CT molecular complexity index is 1080. The van der Waals surface area contributed by atoms with E-state index >= 15 is 0 Å². The monoisotopic (exact) mass is 448 g/mol. The van der Waals surface area contributed by atoms with Gasteiger partial charge in [0.15, 0.2) is 0 Å². The molecule has 3 aromatic rings. The highest BCUT2D eigenvalue weighted by molar-refractivity contribution is 6.08. The number of rotatable bonds is 11. The van der Waals surface area contributed by atoms with Crippen LogP contribution in [0.1, 0.15) is 60.0 Å². The molecule has 6 heteroatoms. The van der Waals surface area contributed by atoms with Gasteiger partial charge in [0.2, 0.25) is 0 Å². The van der Waals surface area contributed by atoms with Crippen molar-refractivity contribution in [3.05, 3.63) is 65.4 Å². The summed E-state index contributed by atoms with van der Waals surface area (Å²) < 4.78 is 2.13. The summed E-state index contributed by atoms with van der Waals surface area (Å²) in [7, 11) is 0. The van der Waals surface area contributed by atoms with Gasteiger partial charge in [-0.15, -0.1) is 0 Å². The normalized spacial score (nSPS) is 11.2. The second-order valence-electron chi connectivity index (χ2n) is 8.31. The summed E-state index contributed by atoms with van der Waals surface area (Å²) in [5, 5.41) is 7.09. The minimum absolute atomic E-state index is 0.101. The van der Waals surface area contributed by atoms with E-state index < -0.39 is 0 Å². The van der Waals surface area contributed by atoms with Gasteiger partial charge in [0.05, 0.1) is 0 Å². The van der Waals surface area contributed by atoms with Crippen molar-refractivity contribution < 1.29 is 9.59 Å². The zero-order chi connectivity index (χ0) is 23.8. The smallest absolute Gasteiger partial charge is 0.272 e. The summed E-state index contributed by atoms with van der Waals surface area (Å²) in [5.41, 5.74) is 4.03. The van der Waals surface area contributed by atoms with Gasteiger partial charge in [-0.25, -0.2) is 0 Å². The van der Waals surface area contributed by atoms with E-state index in [0.717, 1.165) is 55.5 Å². The van der Waals surface area contributed by atoms with Crippen molar-refractivity contribution in [3.63, 3.8) is 0 Å². The van der Waals surface area contributed by atoms with Crippen molar-refractivity contribution in [2.75, 3.05) is 31.5 Å². The Morgan fingerprint density at radius 1 is 0.939 bits per heavy atom. The molecule has 0 spiro atoms. The fraction of sp³-hybridized carbons (Fsp3) is 0.407. The zero-order valence-corrected chi connectivity index (χ0v) is 20.3. The number of nitrogens with one attached hydrogen (secondary N) is 2. The average Bonchev–Trinajstić information content (AvgIpc) is 3.12. The Kier molecular flexibility index (Phi) is 8.66. The lowest BCUT2D eigenvalue weighted by molar-refractivity contribution is 0.0948. The average molecular weight is 449 g/mol. The molecule has 1 heterocycles. The second kappa shape index (κ2) is 11.7. The molecule has 0 aliphatic heterocycles. The van der Waals surface area contributed by atoms with Gasteiger partial charge in [-0.1, -0.05) is 45.4 Å². The number of aryl methyl sites for hydroxylation is 2. The summed E-state index contributed by atoms with van der Waals surface area (Å²) in [5.74, 6) is -0.230. The third-order valence-corrected chi connectivity index (χ3v) is 6.19. The molecule has 0 fully saturated rings. The van der Waals surface area contributed by atoms with E-state index in [0.29, 0.717) is 23.5 Å². The molecule has 0 aliphatic carbocycles. The molecule has 33 heavy (non-hydrogen) atoms. The Balaban J connectivity index is 1.70. The molecule has 0 unspecified atom stereocenters. The van der Waals surface area contributed by atoms with Crippen LogP contribution in [-0.4, -0.2) is 47.5 Å². The van der Waals surface area contributed by atoms with Crippen LogP contribution in [0.25, 0.3) is 10.9 Å². The molecule has 0 bridgehead atoms. The van der Waals surface area contributed by atoms with E-state index in [4.69, 9.17) is 0 Å². The molecule has 0 aliphatic rings. The summed E-state index contributed by atoms with van der Waals surface area (Å²) in [6.45, 7) is 12.6. The van der Waals surface area contributed by atoms with Gasteiger partial charge in [0.25, 0.3) is 11.8 Å². The van der Waals surface area contributed by atoms with E-state index in [1.165, 1.54) is 0 Å². The van der Waals surface area contributed by atoms with Crippen molar-refractivity contribution in [2.24, 2.45) is 0 Å². The summed E-state index contributed by atoms with van der Waals surface area (Å²) in [4.78, 5) is 27.9. The van der Waals surface area contributed by atoms with Crippen LogP contribution in [0.4, 0.5) is 5.69 Å². The molecule has 6 nitrogen and oxygen atoms in total. The minimum atomic E-state index is -0.128. The molecule has 3 rings (SSSR count). The van der Waals surface area contributed by atoms with Gasteiger partial charge in [0.1, 0.15) is 5.69 Å². The molecule has 0 saturated carbocycles. The standard InChI is InChI=1S/C27H36N4O2/c1-5-8-18-31-24-12-10-9-11-23(24)20(4)25(31)27(33)29-22-15-13-21(14-16-22)26(32)28-17-19-30(6-2)7-3/h9-16H,5-8,17-19H2,1-4H3,(H,28,32)(H,29,33). The molecule has 2 aromatic carbocycles. The quantitative estimate of drug-likeness (QED) is 0.430. The van der Waals surface area contributed by atoms with Gasteiger partial charge >= 0.3 is 0 Å². The van der Waals surface area contributed by atoms with E-state index in [-0.39, 0.29) is 11.8 Å². The summed E-state index contributed by atoms with van der Waals surface area (Å²) in [6, 6.07) is 15.2. The topological polar surface area (TPSA) is 66.4 Å². The number of unbranched alkanes of at least 4 members (excludes halogenated alkanes) is 1. The number of para-hydroxylation sites is 1. The van der Waals surface area contributed by atoms with Crippen LogP contribution in [0.2, 0.25) is 0 Å². The predicted molar refractivity (Wildman–Crippen MR) is 136 cm³/mol. The number of fused-ring (bicyclic) bond motifs is 1. The van der Waals surface area contributed by atoms with Crippen molar-refractivity contribution in [1.29, 1.82) is 0 Å². The van der Waals surface area contributed by atoms with Crippen LogP contribution in [0, 0.1) is 6.92 Å². The van der Waals surface area contributed by atoms with Crippen LogP contribution in [0.5, 0.6) is 0 Å². The van der Waals surface area contributed by atoms with E-state index in [1.54, 1.807) is 24.3 Å². The first-order chi connectivity index (χ1) is 16.0. The highest BCUT2D eigenvalue weighted by Crippen LogP contribution is 2.27. The molecule has 0 saturated heterocycles. The Labute approximate surface area is 197 Å². The Hall–Kier alpha value is -3.12. The third kappa shape index (κ3) is 5.82. The largest absolute Gasteiger partial charge is 0.351 e. The maximum atomic E-state index is 13.3. The Morgan fingerprint density at radius 3 is 2.30 bits per heavy atom. The van der Waals surface area contributed by atoms with Gasteiger partial charge in [-0.05, 0) is 62.3 Å². The lowest BCUT2D eigenvalue weighted by Crippen LogP contribution is -2.34. The zero-order valence-electron chi connectivity index (χ0n) is 20.3. The van der Waals surface area contributed by atoms with Gasteiger partial charge < -0.3 is 20.1 Å². The molecular weight excluding hydrogens is 412 g/mol. The van der Waals surface area contributed by atoms with Crippen LogP contribution in [0.3, 0.4) is 0 Å². The molecule has 0 radical (unpaired) electrons. The van der Waals surface area contributed by atoms with Gasteiger partial charge in [-0.3, -0.25) is 9.59 Å². The SMILES string of the molecule is CCCCn1c(C(=O)Nc2ccc(C(=O)NCCN(CC)CC)cc2)c(C)c2ccccc21. The van der Waals surface area contributed by atoms with Crippen LogP contribution in [-0.2, 0) is 6.54 Å². The number of amides is 2. The first-order valence-electron chi connectivity index (χ1n) is 12.0. The van der Waals surface area contributed by atoms with Gasteiger partial charge in [0, 0.05) is 41.8 Å². The Morgan fingerprint density at radius 2 is 1.64 bits per heavy atom. The van der Waals surface area contributed by atoms with E-state index in [2.05, 4.69) is 53.0 Å². The molecule has 2 N–H and O–H groups in total. The highest BCUT2D eigenvalue weighted by Gasteiger charge is 2.20. The number of anilines is 1. The number of hydrogen-bond donors (Lipinski definition) is 2. The van der Waals surface area contributed by atoms with Crippen molar-refractivity contribution in [1.82, 2.24) is 14.8 Å². The maximum absolute atomic E-state index is 13.3. The number of nitrogens with zero attached hydrogens (tertiary/aromatic N) is 2.